The maximum Gasteiger partial charge on any atom is 1.00 e. The van der Waals surface area contributed by atoms with E-state index in [1.807, 2.05) is 0 Å². The zero-order chi connectivity index (χ0) is 12.5. The molecule has 0 unspecified atom stereocenters. The first-order chi connectivity index (χ1) is 7.27. The van der Waals surface area contributed by atoms with Crippen LogP contribution in [0.5, 0.6) is 0 Å². The van der Waals surface area contributed by atoms with Gasteiger partial charge in [-0.1, -0.05) is 11.5 Å². The van der Waals surface area contributed by atoms with Gasteiger partial charge in [0.2, 0.25) is 0 Å². The van der Waals surface area contributed by atoms with Gasteiger partial charge in [0, 0.05) is 7.05 Å². The fraction of sp³-hybridized carbons (Fsp3) is 0.250. The molecule has 17 heavy (non-hydrogen) atoms. The average molecular weight is 273 g/mol. The average Bonchev–Trinajstić information content (AvgIpc) is 2.19. The quantitative estimate of drug-likeness (QED) is 0.433. The first-order valence-electron chi connectivity index (χ1n) is 4.26. The molecule has 0 atom stereocenters. The van der Waals surface area contributed by atoms with E-state index in [0.717, 1.165) is 14.2 Å². The predicted octanol–water partition coefficient (Wildman–Crippen LogP) is -2.77. The molecule has 1 aromatic heterocycles. The van der Waals surface area contributed by atoms with Gasteiger partial charge in [-0.25, -0.2) is 4.79 Å². The van der Waals surface area contributed by atoms with Gasteiger partial charge in [0.1, 0.15) is 5.56 Å². The Hall–Kier alpha value is -0.0887. The van der Waals surface area contributed by atoms with Crippen LogP contribution in [0.15, 0.2) is 17.1 Å². The van der Waals surface area contributed by atoms with Gasteiger partial charge >= 0.3 is 64.3 Å². The van der Waals surface area contributed by atoms with Crippen molar-refractivity contribution in [3.63, 3.8) is 0 Å². The Morgan fingerprint density at radius 1 is 1.41 bits per heavy atom. The third-order valence-electron chi connectivity index (χ3n) is 1.99. The number of carbonyl (C=O) groups is 1. The van der Waals surface area contributed by atoms with E-state index in [1.165, 1.54) is 0 Å². The van der Waals surface area contributed by atoms with E-state index in [1.54, 1.807) is 0 Å². The van der Waals surface area contributed by atoms with E-state index in [-0.39, 0.29) is 51.4 Å². The topological polar surface area (TPSA) is 48.3 Å². The van der Waals surface area contributed by atoms with Crippen molar-refractivity contribution in [2.45, 2.75) is 0 Å². The number of aryl methyl sites for hydroxylation is 1. The fourth-order valence-corrected chi connectivity index (χ4v) is 1.17. The van der Waals surface area contributed by atoms with Crippen LogP contribution in [-0.2, 0) is 11.8 Å². The monoisotopic (exact) mass is 273 g/mol. The van der Waals surface area contributed by atoms with Crippen LogP contribution in [0.25, 0.3) is 0 Å². The third kappa shape index (κ3) is 3.95. The number of aromatic nitrogens is 1. The van der Waals surface area contributed by atoms with Gasteiger partial charge in [0.05, 0.1) is 7.11 Å². The molecule has 0 fully saturated rings. The van der Waals surface area contributed by atoms with E-state index in [9.17, 15) is 22.5 Å². The van der Waals surface area contributed by atoms with Gasteiger partial charge in [-0.2, -0.15) is 0 Å². The molecule has 0 aliphatic heterocycles. The van der Waals surface area contributed by atoms with Crippen molar-refractivity contribution in [1.82, 2.24) is 4.57 Å². The molecule has 1 rings (SSSR count). The molecule has 88 valence electrons. The Morgan fingerprint density at radius 3 is 2.35 bits per heavy atom. The van der Waals surface area contributed by atoms with Crippen molar-refractivity contribution in [2.75, 3.05) is 7.11 Å². The number of hydrogen-bond acceptors (Lipinski definition) is 3. The molecule has 0 amide bonds. The summed E-state index contributed by atoms with van der Waals surface area (Å²) in [4.78, 5) is 22.4. The summed E-state index contributed by atoms with van der Waals surface area (Å²) in [5, 5.41) is 0. The van der Waals surface area contributed by atoms with Gasteiger partial charge in [0.15, 0.2) is 0 Å². The maximum atomic E-state index is 12.4. The molecule has 0 aliphatic rings. The van der Waals surface area contributed by atoms with Crippen LogP contribution in [0.1, 0.15) is 10.4 Å². The molecule has 4 nitrogen and oxygen atoms in total. The molecule has 0 spiro atoms. The van der Waals surface area contributed by atoms with Crippen molar-refractivity contribution in [1.29, 1.82) is 0 Å². The summed E-state index contributed by atoms with van der Waals surface area (Å²) in [6, 6.07) is 0.508. The first-order valence-corrected chi connectivity index (χ1v) is 4.26. The Kier molecular flexibility index (Phi) is 6.16. The minimum absolute atomic E-state index is 0. The van der Waals surface area contributed by atoms with Crippen molar-refractivity contribution in [3.8, 4) is 0 Å². The number of methoxy groups -OCH3 is 1. The molecule has 0 bridgehead atoms. The van der Waals surface area contributed by atoms with Crippen molar-refractivity contribution in [3.05, 3.63) is 28.2 Å². The molecule has 9 heteroatoms. The Balaban J connectivity index is 0.00000256. The minimum atomic E-state index is -5.26. The van der Waals surface area contributed by atoms with E-state index in [0.29, 0.717) is 16.8 Å². The second-order valence-electron chi connectivity index (χ2n) is 3.17. The van der Waals surface area contributed by atoms with E-state index < -0.39 is 29.5 Å². The van der Waals surface area contributed by atoms with Crippen LogP contribution in [0.2, 0.25) is 0 Å². The van der Waals surface area contributed by atoms with E-state index in [4.69, 9.17) is 0 Å². The number of pyridine rings is 1. The van der Waals surface area contributed by atoms with Gasteiger partial charge in [-0.3, -0.25) is 4.79 Å². The molecular weight excluding hydrogens is 265 g/mol. The summed E-state index contributed by atoms with van der Waals surface area (Å²) in [5.74, 6) is -1.08. The van der Waals surface area contributed by atoms with Crippen molar-refractivity contribution < 1.29 is 73.9 Å². The van der Waals surface area contributed by atoms with Gasteiger partial charge in [-0.15, -0.1) is 0 Å². The van der Waals surface area contributed by atoms with Crippen LogP contribution in [-0.4, -0.2) is 24.6 Å². The smallest absolute Gasteiger partial charge is 0.465 e. The molecule has 0 radical (unpaired) electrons. The van der Waals surface area contributed by atoms with Gasteiger partial charge < -0.3 is 22.3 Å². The number of carbonyl (C=O) groups excluding carboxylic acids is 1. The Bertz CT molecular complexity index is 486. The standard InChI is InChI=1S/C8H8BF3NO3.K/c1-13-4-5(9(10,11)12)3-6(7(13)14)8(15)16-2;/h3-4H,1-2H3;/q-1;+1. The molecular formula is C8H8BF3KNO3. The number of nitrogens with zero attached hydrogens (tertiary/aromatic N) is 1. The molecule has 0 saturated heterocycles. The molecule has 0 N–H and O–H groups in total. The summed E-state index contributed by atoms with van der Waals surface area (Å²) >= 11 is 0. The normalized spacial score (nSPS) is 10.6. The zero-order valence-electron chi connectivity index (χ0n) is 9.54. The second-order valence-corrected chi connectivity index (χ2v) is 3.17. The SMILES string of the molecule is COC(=O)c1cc([B-](F)(F)F)cn(C)c1=O.[K+]. The third-order valence-corrected chi connectivity index (χ3v) is 1.99. The Morgan fingerprint density at radius 2 is 1.94 bits per heavy atom. The molecule has 0 saturated carbocycles. The maximum absolute atomic E-state index is 12.4. The second kappa shape index (κ2) is 6.19. The van der Waals surface area contributed by atoms with Crippen LogP contribution < -0.4 is 62.4 Å². The number of halogens is 3. The van der Waals surface area contributed by atoms with E-state index in [2.05, 4.69) is 4.74 Å². The minimum Gasteiger partial charge on any atom is -0.465 e. The molecule has 1 aromatic rings. The van der Waals surface area contributed by atoms with Crippen LogP contribution in [0.3, 0.4) is 0 Å². The van der Waals surface area contributed by atoms with Crippen molar-refractivity contribution >= 4 is 18.4 Å². The largest absolute Gasteiger partial charge is 1.00 e. The summed E-state index contributed by atoms with van der Waals surface area (Å²) in [6.45, 7) is -5.26. The molecule has 0 aromatic carbocycles. The summed E-state index contributed by atoms with van der Waals surface area (Å²) in [5.41, 5.74) is -2.46. The van der Waals surface area contributed by atoms with Crippen LogP contribution >= 0.6 is 0 Å². The number of esters is 1. The van der Waals surface area contributed by atoms with Gasteiger partial charge in [-0.05, 0) is 6.20 Å². The summed E-state index contributed by atoms with van der Waals surface area (Å²) in [6.07, 6.45) is 0.648. The molecule has 1 heterocycles. The molecule has 0 aliphatic carbocycles. The number of ether oxygens (including phenoxy) is 1. The first kappa shape index (κ1) is 16.9. The van der Waals surface area contributed by atoms with Gasteiger partial charge in [0.25, 0.3) is 5.56 Å². The van der Waals surface area contributed by atoms with E-state index >= 15 is 0 Å². The summed E-state index contributed by atoms with van der Waals surface area (Å²) < 4.78 is 42.3. The van der Waals surface area contributed by atoms with Crippen LogP contribution in [0.4, 0.5) is 12.9 Å². The van der Waals surface area contributed by atoms with Crippen LogP contribution in [0, 0.1) is 0 Å². The number of hydrogen-bond donors (Lipinski definition) is 0. The zero-order valence-corrected chi connectivity index (χ0v) is 12.7. The summed E-state index contributed by atoms with van der Waals surface area (Å²) in [7, 11) is 2.13. The fourth-order valence-electron chi connectivity index (χ4n) is 1.17. The predicted molar refractivity (Wildman–Crippen MR) is 51.7 cm³/mol. The Labute approximate surface area is 138 Å². The van der Waals surface area contributed by atoms with Crippen molar-refractivity contribution in [2.24, 2.45) is 7.05 Å². The number of rotatable bonds is 2.